The van der Waals surface area contributed by atoms with Gasteiger partial charge in [-0.25, -0.2) is 8.42 Å². The number of amides is 1. The van der Waals surface area contributed by atoms with E-state index in [1.807, 2.05) is 37.3 Å². The summed E-state index contributed by atoms with van der Waals surface area (Å²) in [5.74, 6) is -0.294. The molecular formula is C19H24N2O3S. The van der Waals surface area contributed by atoms with E-state index in [-0.39, 0.29) is 10.8 Å². The molecule has 2 aromatic rings. The van der Waals surface area contributed by atoms with Crippen molar-refractivity contribution in [3.05, 3.63) is 66.2 Å². The first-order chi connectivity index (χ1) is 12.0. The van der Waals surface area contributed by atoms with Crippen molar-refractivity contribution in [3.8, 4) is 0 Å². The summed E-state index contributed by atoms with van der Waals surface area (Å²) in [5, 5.41) is 2.82. The van der Waals surface area contributed by atoms with Crippen molar-refractivity contribution in [2.45, 2.75) is 37.1 Å². The Labute approximate surface area is 149 Å². The molecule has 0 saturated heterocycles. The van der Waals surface area contributed by atoms with E-state index in [0.29, 0.717) is 25.8 Å². The van der Waals surface area contributed by atoms with Crippen LogP contribution < -0.4 is 10.0 Å². The molecule has 134 valence electrons. The Kier molecular flexibility index (Phi) is 7.16. The molecule has 0 bridgehead atoms. The molecule has 6 heteroatoms. The summed E-state index contributed by atoms with van der Waals surface area (Å²) < 4.78 is 27.4. The number of nitrogens with one attached hydrogen (secondary N) is 2. The van der Waals surface area contributed by atoms with Gasteiger partial charge in [-0.1, -0.05) is 61.9 Å². The van der Waals surface area contributed by atoms with Crippen LogP contribution in [0.1, 0.15) is 25.3 Å². The third-order valence-electron chi connectivity index (χ3n) is 3.80. The van der Waals surface area contributed by atoms with Gasteiger partial charge in [0, 0.05) is 6.54 Å². The minimum atomic E-state index is -3.71. The van der Waals surface area contributed by atoms with Gasteiger partial charge in [0.05, 0.1) is 4.90 Å². The van der Waals surface area contributed by atoms with Crippen LogP contribution in [0.15, 0.2) is 65.6 Å². The van der Waals surface area contributed by atoms with Crippen molar-refractivity contribution in [2.75, 3.05) is 6.54 Å². The first-order valence-electron chi connectivity index (χ1n) is 8.42. The van der Waals surface area contributed by atoms with Crippen molar-refractivity contribution in [3.63, 3.8) is 0 Å². The van der Waals surface area contributed by atoms with Crippen molar-refractivity contribution in [1.82, 2.24) is 10.0 Å². The fourth-order valence-electron chi connectivity index (χ4n) is 2.49. The van der Waals surface area contributed by atoms with E-state index in [4.69, 9.17) is 0 Å². The predicted molar refractivity (Wildman–Crippen MR) is 98.6 cm³/mol. The van der Waals surface area contributed by atoms with Gasteiger partial charge in [0.2, 0.25) is 15.9 Å². The fourth-order valence-corrected chi connectivity index (χ4v) is 3.74. The highest BCUT2D eigenvalue weighted by Crippen LogP contribution is 2.10. The van der Waals surface area contributed by atoms with Gasteiger partial charge in [-0.15, -0.1) is 0 Å². The summed E-state index contributed by atoms with van der Waals surface area (Å²) in [6.07, 6.45) is 1.86. The topological polar surface area (TPSA) is 75.3 Å². The predicted octanol–water partition coefficient (Wildman–Crippen LogP) is 2.49. The third kappa shape index (κ3) is 5.99. The second kappa shape index (κ2) is 9.34. The molecule has 1 atom stereocenters. The van der Waals surface area contributed by atoms with Crippen LogP contribution >= 0.6 is 0 Å². The summed E-state index contributed by atoms with van der Waals surface area (Å²) >= 11 is 0. The Bertz CT molecular complexity index is 762. The number of rotatable bonds is 9. The quantitative estimate of drug-likeness (QED) is 0.721. The average molecular weight is 360 g/mol. The van der Waals surface area contributed by atoms with Gasteiger partial charge in [0.25, 0.3) is 0 Å². The molecule has 25 heavy (non-hydrogen) atoms. The van der Waals surface area contributed by atoms with Crippen LogP contribution in [-0.4, -0.2) is 26.9 Å². The highest BCUT2D eigenvalue weighted by atomic mass is 32.2. The molecule has 0 heterocycles. The number of hydrogen-bond acceptors (Lipinski definition) is 3. The van der Waals surface area contributed by atoms with E-state index >= 15 is 0 Å². The summed E-state index contributed by atoms with van der Waals surface area (Å²) in [4.78, 5) is 12.6. The maximum atomic E-state index is 12.4. The van der Waals surface area contributed by atoms with Crippen molar-refractivity contribution in [1.29, 1.82) is 0 Å². The van der Waals surface area contributed by atoms with Crippen LogP contribution in [0.3, 0.4) is 0 Å². The summed E-state index contributed by atoms with van der Waals surface area (Å²) in [5.41, 5.74) is 1.12. The minimum Gasteiger partial charge on any atom is -0.354 e. The lowest BCUT2D eigenvalue weighted by Crippen LogP contribution is -2.47. The number of sulfonamides is 1. The van der Waals surface area contributed by atoms with Crippen LogP contribution in [0.5, 0.6) is 0 Å². The second-order valence-electron chi connectivity index (χ2n) is 5.80. The van der Waals surface area contributed by atoms with E-state index in [1.165, 1.54) is 12.1 Å². The zero-order valence-corrected chi connectivity index (χ0v) is 15.1. The Morgan fingerprint density at radius 2 is 1.60 bits per heavy atom. The molecule has 1 unspecified atom stereocenters. The van der Waals surface area contributed by atoms with Crippen LogP contribution in [0.4, 0.5) is 0 Å². The number of benzene rings is 2. The molecule has 0 aliphatic rings. The molecule has 0 radical (unpaired) electrons. The minimum absolute atomic E-state index is 0.160. The molecule has 0 aliphatic carbocycles. The first-order valence-corrected chi connectivity index (χ1v) is 9.90. The largest absolute Gasteiger partial charge is 0.354 e. The molecule has 0 spiro atoms. The third-order valence-corrected chi connectivity index (χ3v) is 5.29. The maximum Gasteiger partial charge on any atom is 0.241 e. The lowest BCUT2D eigenvalue weighted by atomic mass is 10.1. The molecule has 0 fully saturated rings. The average Bonchev–Trinajstić information content (AvgIpc) is 2.63. The molecule has 0 saturated carbocycles. The summed E-state index contributed by atoms with van der Waals surface area (Å²) in [6, 6.07) is 17.1. The molecule has 2 N–H and O–H groups in total. The lowest BCUT2D eigenvalue weighted by Gasteiger charge is -2.18. The number of carbonyl (C=O) groups excluding carboxylic acids is 1. The van der Waals surface area contributed by atoms with Gasteiger partial charge >= 0.3 is 0 Å². The summed E-state index contributed by atoms with van der Waals surface area (Å²) in [7, 11) is -3.71. The Morgan fingerprint density at radius 1 is 1.00 bits per heavy atom. The molecule has 0 aromatic heterocycles. The Balaban J connectivity index is 1.96. The molecule has 2 aromatic carbocycles. The highest BCUT2D eigenvalue weighted by molar-refractivity contribution is 7.89. The van der Waals surface area contributed by atoms with E-state index in [2.05, 4.69) is 10.0 Å². The van der Waals surface area contributed by atoms with E-state index in [9.17, 15) is 13.2 Å². The van der Waals surface area contributed by atoms with Gasteiger partial charge in [-0.05, 0) is 30.5 Å². The molecule has 0 aliphatic heterocycles. The van der Waals surface area contributed by atoms with Crippen LogP contribution in [-0.2, 0) is 21.2 Å². The van der Waals surface area contributed by atoms with Crippen molar-refractivity contribution in [2.24, 2.45) is 0 Å². The first kappa shape index (κ1) is 19.1. The standard InChI is InChI=1S/C19H24N2O3S/c1-2-9-18(21-25(23,24)17-12-7-4-8-13-17)19(22)20-15-14-16-10-5-3-6-11-16/h3-8,10-13,18,21H,2,9,14-15H2,1H3,(H,20,22). The van der Waals surface area contributed by atoms with Gasteiger partial charge in [-0.3, -0.25) is 4.79 Å². The monoisotopic (exact) mass is 360 g/mol. The smallest absolute Gasteiger partial charge is 0.241 e. The Hall–Kier alpha value is -2.18. The highest BCUT2D eigenvalue weighted by Gasteiger charge is 2.24. The van der Waals surface area contributed by atoms with E-state index in [1.54, 1.807) is 18.2 Å². The van der Waals surface area contributed by atoms with Crippen LogP contribution in [0.2, 0.25) is 0 Å². The molecule has 2 rings (SSSR count). The van der Waals surface area contributed by atoms with Gasteiger partial charge < -0.3 is 5.32 Å². The molecule has 5 nitrogen and oxygen atoms in total. The lowest BCUT2D eigenvalue weighted by molar-refractivity contribution is -0.122. The molecular weight excluding hydrogens is 336 g/mol. The van der Waals surface area contributed by atoms with Crippen molar-refractivity contribution >= 4 is 15.9 Å². The van der Waals surface area contributed by atoms with Gasteiger partial charge in [0.15, 0.2) is 0 Å². The fraction of sp³-hybridized carbons (Fsp3) is 0.316. The SMILES string of the molecule is CCCC(NS(=O)(=O)c1ccccc1)C(=O)NCCc1ccccc1. The zero-order valence-electron chi connectivity index (χ0n) is 14.3. The van der Waals surface area contributed by atoms with E-state index < -0.39 is 16.1 Å². The normalized spacial score (nSPS) is 12.5. The second-order valence-corrected chi connectivity index (χ2v) is 7.52. The maximum absolute atomic E-state index is 12.4. The molecule has 1 amide bonds. The number of hydrogen-bond donors (Lipinski definition) is 2. The zero-order chi connectivity index (χ0) is 18.1. The summed E-state index contributed by atoms with van der Waals surface area (Å²) in [6.45, 7) is 2.39. The van der Waals surface area contributed by atoms with Crippen LogP contribution in [0, 0.1) is 0 Å². The number of carbonyl (C=O) groups is 1. The Morgan fingerprint density at radius 3 is 2.20 bits per heavy atom. The van der Waals surface area contributed by atoms with Gasteiger partial charge in [-0.2, -0.15) is 4.72 Å². The van der Waals surface area contributed by atoms with Crippen molar-refractivity contribution < 1.29 is 13.2 Å². The van der Waals surface area contributed by atoms with E-state index in [0.717, 1.165) is 5.56 Å². The van der Waals surface area contributed by atoms with Gasteiger partial charge in [0.1, 0.15) is 6.04 Å². The van der Waals surface area contributed by atoms with Crippen LogP contribution in [0.25, 0.3) is 0 Å².